The maximum atomic E-state index is 2.47. The van der Waals surface area contributed by atoms with E-state index in [0.29, 0.717) is 0 Å². The highest BCUT2D eigenvalue weighted by Crippen LogP contribution is 2.21. The van der Waals surface area contributed by atoms with Crippen molar-refractivity contribution in [3.63, 3.8) is 0 Å². The summed E-state index contributed by atoms with van der Waals surface area (Å²) < 4.78 is 3.56. The van der Waals surface area contributed by atoms with E-state index in [1.165, 1.54) is 52.0 Å². The fourth-order valence-electron chi connectivity index (χ4n) is 3.52. The predicted molar refractivity (Wildman–Crippen MR) is 122 cm³/mol. The van der Waals surface area contributed by atoms with Gasteiger partial charge in [0.2, 0.25) is 5.69 Å². The van der Waals surface area contributed by atoms with E-state index in [-0.39, 0.29) is 0 Å². The van der Waals surface area contributed by atoms with Crippen molar-refractivity contribution in [3.8, 4) is 0 Å². The first-order valence-corrected chi connectivity index (χ1v) is 10.6. The largest absolute Gasteiger partial charge is 0.372 e. The molecule has 0 aliphatic carbocycles. The molecule has 27 heavy (non-hydrogen) atoms. The van der Waals surface area contributed by atoms with Crippen LogP contribution in [-0.4, -0.2) is 13.1 Å². The number of pyridine rings is 1. The summed E-state index contributed by atoms with van der Waals surface area (Å²) in [4.78, 5) is 2.47. The molecule has 0 bridgehead atoms. The Kier molecular flexibility index (Phi) is 5.87. The number of nitrogens with zero attached hydrogens (tertiary/aromatic N) is 2. The van der Waals surface area contributed by atoms with Crippen LogP contribution < -0.4 is 9.47 Å². The van der Waals surface area contributed by atoms with E-state index in [0.717, 1.165) is 6.54 Å². The van der Waals surface area contributed by atoms with Crippen LogP contribution in [0.1, 0.15) is 29.7 Å². The number of aromatic nitrogens is 1. The minimum absolute atomic E-state index is 0.880. The first kappa shape index (κ1) is 18.2. The Balaban J connectivity index is 1.49. The van der Waals surface area contributed by atoms with E-state index in [2.05, 4.69) is 117 Å². The zero-order valence-electron chi connectivity index (χ0n) is 15.4. The second kappa shape index (κ2) is 8.70. The molecule has 0 N–H and O–H groups in total. The lowest BCUT2D eigenvalue weighted by atomic mass is 10.1. The van der Waals surface area contributed by atoms with Gasteiger partial charge in [0, 0.05) is 46.1 Å². The maximum absolute atomic E-state index is 2.47. The maximum Gasteiger partial charge on any atom is 0.205 e. The number of hydrogen-bond acceptors (Lipinski definition) is 1. The lowest BCUT2D eigenvalue weighted by Gasteiger charge is -2.17. The average molecular weight is 467 g/mol. The third kappa shape index (κ3) is 4.78. The van der Waals surface area contributed by atoms with Crippen molar-refractivity contribution in [2.75, 3.05) is 18.0 Å². The smallest absolute Gasteiger partial charge is 0.205 e. The molecular formula is C24H24IN2+. The van der Waals surface area contributed by atoms with Gasteiger partial charge in [-0.25, -0.2) is 0 Å². The van der Waals surface area contributed by atoms with Crippen molar-refractivity contribution in [2.45, 2.75) is 19.4 Å². The molecule has 1 saturated heterocycles. The Bertz CT molecular complexity index is 908. The lowest BCUT2D eigenvalue weighted by molar-refractivity contribution is -0.690. The van der Waals surface area contributed by atoms with Crippen molar-refractivity contribution in [3.05, 3.63) is 93.3 Å². The molecule has 3 aromatic rings. The van der Waals surface area contributed by atoms with Gasteiger partial charge >= 0.3 is 0 Å². The van der Waals surface area contributed by atoms with Crippen LogP contribution in [0.4, 0.5) is 5.69 Å². The highest BCUT2D eigenvalue weighted by Gasteiger charge is 2.11. The predicted octanol–water partition coefficient (Wildman–Crippen LogP) is 5.40. The molecule has 2 nitrogen and oxygen atoms in total. The standard InChI is InChI=1S/C24H24IN2/c25-22-11-6-21(7-12-22)19-27-18-2-1-5-23(27)13-8-20-9-14-24(15-10-20)26-16-3-4-17-26/h1-2,5-15,18H,3-4,16-17,19H2/q+1. The van der Waals surface area contributed by atoms with Gasteiger partial charge in [0.05, 0.1) is 0 Å². The minimum atomic E-state index is 0.880. The van der Waals surface area contributed by atoms with Crippen molar-refractivity contribution < 1.29 is 4.57 Å². The van der Waals surface area contributed by atoms with E-state index < -0.39 is 0 Å². The molecule has 136 valence electrons. The van der Waals surface area contributed by atoms with Gasteiger partial charge < -0.3 is 4.90 Å². The number of halogens is 1. The second-order valence-electron chi connectivity index (χ2n) is 7.00. The topological polar surface area (TPSA) is 7.12 Å². The van der Waals surface area contributed by atoms with Crippen LogP contribution in [-0.2, 0) is 6.54 Å². The van der Waals surface area contributed by atoms with Crippen LogP contribution in [0.25, 0.3) is 12.2 Å². The molecule has 0 amide bonds. The van der Waals surface area contributed by atoms with Gasteiger partial charge in [-0.15, -0.1) is 0 Å². The van der Waals surface area contributed by atoms with Gasteiger partial charge in [-0.1, -0.05) is 24.3 Å². The summed E-state index contributed by atoms with van der Waals surface area (Å²) in [7, 11) is 0. The van der Waals surface area contributed by atoms with Crippen LogP contribution in [0.3, 0.4) is 0 Å². The lowest BCUT2D eigenvalue weighted by Crippen LogP contribution is -2.36. The van der Waals surface area contributed by atoms with Crippen LogP contribution in [0, 0.1) is 3.57 Å². The molecule has 2 heterocycles. The fraction of sp³-hybridized carbons (Fsp3) is 0.208. The normalized spacial score (nSPS) is 14.2. The molecule has 1 aliphatic rings. The van der Waals surface area contributed by atoms with Gasteiger partial charge in [-0.05, 0) is 77.4 Å². The zero-order valence-corrected chi connectivity index (χ0v) is 17.5. The summed E-state index contributed by atoms with van der Waals surface area (Å²) in [5.41, 5.74) is 5.11. The van der Waals surface area contributed by atoms with E-state index in [1.54, 1.807) is 0 Å². The summed E-state index contributed by atoms with van der Waals surface area (Å²) in [5, 5.41) is 0. The van der Waals surface area contributed by atoms with Crippen molar-refractivity contribution in [1.82, 2.24) is 0 Å². The zero-order chi connectivity index (χ0) is 18.5. The third-order valence-corrected chi connectivity index (χ3v) is 5.77. The van der Waals surface area contributed by atoms with Crippen LogP contribution >= 0.6 is 22.6 Å². The van der Waals surface area contributed by atoms with Gasteiger partial charge in [0.15, 0.2) is 12.7 Å². The highest BCUT2D eigenvalue weighted by molar-refractivity contribution is 14.1. The number of anilines is 1. The minimum Gasteiger partial charge on any atom is -0.372 e. The molecule has 2 aromatic carbocycles. The van der Waals surface area contributed by atoms with Crippen molar-refractivity contribution in [2.24, 2.45) is 0 Å². The molecular weight excluding hydrogens is 443 g/mol. The molecule has 1 aliphatic heterocycles. The first-order valence-electron chi connectivity index (χ1n) is 9.54. The molecule has 3 heteroatoms. The molecule has 1 fully saturated rings. The number of benzene rings is 2. The summed E-state index contributed by atoms with van der Waals surface area (Å²) in [6.45, 7) is 3.26. The molecule has 0 saturated carbocycles. The SMILES string of the molecule is Ic1ccc(C[n+]2ccccc2/C=C/c2ccc(N3CCCC3)cc2)cc1. The molecule has 4 rings (SSSR count). The van der Waals surface area contributed by atoms with Crippen molar-refractivity contribution >= 4 is 40.4 Å². The Hall–Kier alpha value is -2.14. The average Bonchev–Trinajstić information content (AvgIpc) is 3.24. The van der Waals surface area contributed by atoms with Crippen LogP contribution in [0.2, 0.25) is 0 Å². The summed E-state index contributed by atoms with van der Waals surface area (Å²) in [6, 6.07) is 24.0. The second-order valence-corrected chi connectivity index (χ2v) is 8.24. The van der Waals surface area contributed by atoms with Crippen LogP contribution in [0.15, 0.2) is 72.9 Å². The summed E-state index contributed by atoms with van der Waals surface area (Å²) in [5.74, 6) is 0. The van der Waals surface area contributed by atoms with E-state index in [1.807, 2.05) is 0 Å². The highest BCUT2D eigenvalue weighted by atomic mass is 127. The summed E-state index contributed by atoms with van der Waals surface area (Å²) >= 11 is 2.35. The Morgan fingerprint density at radius 2 is 1.59 bits per heavy atom. The van der Waals surface area contributed by atoms with Crippen molar-refractivity contribution in [1.29, 1.82) is 0 Å². The number of rotatable bonds is 5. The Labute approximate surface area is 175 Å². The third-order valence-electron chi connectivity index (χ3n) is 5.05. The van der Waals surface area contributed by atoms with Crippen LogP contribution in [0.5, 0.6) is 0 Å². The van der Waals surface area contributed by atoms with Gasteiger partial charge in [0.1, 0.15) is 0 Å². The van der Waals surface area contributed by atoms with Gasteiger partial charge in [-0.3, -0.25) is 0 Å². The molecule has 0 radical (unpaired) electrons. The van der Waals surface area contributed by atoms with Gasteiger partial charge in [0.25, 0.3) is 0 Å². The molecule has 0 unspecified atom stereocenters. The monoisotopic (exact) mass is 467 g/mol. The molecule has 0 atom stereocenters. The quantitative estimate of drug-likeness (QED) is 0.360. The molecule has 1 aromatic heterocycles. The van der Waals surface area contributed by atoms with E-state index in [9.17, 15) is 0 Å². The summed E-state index contributed by atoms with van der Waals surface area (Å²) in [6.07, 6.45) is 9.19. The molecule has 0 spiro atoms. The van der Waals surface area contributed by atoms with E-state index >= 15 is 0 Å². The fourth-order valence-corrected chi connectivity index (χ4v) is 3.88. The first-order chi connectivity index (χ1) is 13.3. The number of hydrogen-bond donors (Lipinski definition) is 0. The van der Waals surface area contributed by atoms with E-state index in [4.69, 9.17) is 0 Å². The Morgan fingerprint density at radius 3 is 2.33 bits per heavy atom. The van der Waals surface area contributed by atoms with Gasteiger partial charge in [-0.2, -0.15) is 4.57 Å². The Morgan fingerprint density at radius 1 is 0.852 bits per heavy atom.